The van der Waals surface area contributed by atoms with Crippen LogP contribution in [-0.2, 0) is 19.1 Å². The number of ketones is 1. The Labute approximate surface area is 202 Å². The van der Waals surface area contributed by atoms with Gasteiger partial charge in [-0.1, -0.05) is 75.0 Å². The quantitative estimate of drug-likeness (QED) is 0.155. The molecular formula is C27H37NO6. The van der Waals surface area contributed by atoms with Crippen LogP contribution in [0.3, 0.4) is 0 Å². The maximum atomic E-state index is 12.5. The van der Waals surface area contributed by atoms with Crippen LogP contribution >= 0.6 is 0 Å². The molecule has 1 heterocycles. The smallest absolute Gasteiger partial charge is 0.305 e. The van der Waals surface area contributed by atoms with Gasteiger partial charge in [-0.2, -0.15) is 0 Å². The van der Waals surface area contributed by atoms with Gasteiger partial charge in [0.05, 0.1) is 19.3 Å². The summed E-state index contributed by atoms with van der Waals surface area (Å²) in [5.74, 6) is -1.68. The van der Waals surface area contributed by atoms with Crippen LogP contribution < -0.4 is 0 Å². The molecule has 0 aromatic carbocycles. The minimum atomic E-state index is -0.795. The molecule has 1 amide bonds. The van der Waals surface area contributed by atoms with Crippen molar-refractivity contribution in [1.29, 1.82) is 0 Å². The minimum Gasteiger partial charge on any atom is -0.507 e. The van der Waals surface area contributed by atoms with E-state index in [-0.39, 0.29) is 36.4 Å². The molecule has 1 aliphatic heterocycles. The van der Waals surface area contributed by atoms with Gasteiger partial charge in [0.2, 0.25) is 0 Å². The molecule has 0 spiro atoms. The van der Waals surface area contributed by atoms with Crippen molar-refractivity contribution in [2.75, 3.05) is 14.2 Å². The fourth-order valence-corrected chi connectivity index (χ4v) is 3.55. The second-order valence-electron chi connectivity index (χ2n) is 8.66. The molecule has 1 rings (SSSR count). The van der Waals surface area contributed by atoms with Gasteiger partial charge in [-0.25, -0.2) is 0 Å². The number of carbonyl (C=O) groups excluding carboxylic acids is 3. The lowest BCUT2D eigenvalue weighted by Crippen LogP contribution is -2.32. The van der Waals surface area contributed by atoms with Gasteiger partial charge >= 0.3 is 5.97 Å². The van der Waals surface area contributed by atoms with E-state index in [0.29, 0.717) is 0 Å². The summed E-state index contributed by atoms with van der Waals surface area (Å²) in [5.41, 5.74) is 0.776. The summed E-state index contributed by atoms with van der Waals surface area (Å²) in [6.07, 6.45) is 15.5. The van der Waals surface area contributed by atoms with Gasteiger partial charge in [0.1, 0.15) is 11.3 Å². The highest BCUT2D eigenvalue weighted by atomic mass is 16.5. The van der Waals surface area contributed by atoms with Gasteiger partial charge in [0.15, 0.2) is 5.78 Å². The topological polar surface area (TPSA) is 104 Å². The number of likely N-dealkylation sites (N-methyl/N-ethyl adjacent to an activating group) is 1. The van der Waals surface area contributed by atoms with Crippen molar-refractivity contribution in [2.45, 2.75) is 52.7 Å². The number of allylic oxidation sites excluding steroid dienone is 9. The summed E-state index contributed by atoms with van der Waals surface area (Å²) in [6.45, 7) is 7.95. The molecule has 0 radical (unpaired) electrons. The number of hydrogen-bond donors (Lipinski definition) is 2. The van der Waals surface area contributed by atoms with E-state index in [0.717, 1.165) is 5.57 Å². The van der Waals surface area contributed by atoms with Crippen LogP contribution in [0.1, 0.15) is 40.5 Å². The van der Waals surface area contributed by atoms with E-state index in [4.69, 9.17) is 0 Å². The van der Waals surface area contributed by atoms with Crippen LogP contribution in [0.25, 0.3) is 0 Å². The van der Waals surface area contributed by atoms with Crippen LogP contribution in [0.5, 0.6) is 0 Å². The summed E-state index contributed by atoms with van der Waals surface area (Å²) < 4.78 is 4.57. The van der Waals surface area contributed by atoms with Crippen molar-refractivity contribution in [1.82, 2.24) is 4.90 Å². The fraction of sp³-hybridized carbons (Fsp3) is 0.444. The maximum absolute atomic E-state index is 12.5. The van der Waals surface area contributed by atoms with Crippen molar-refractivity contribution in [3.63, 3.8) is 0 Å². The Morgan fingerprint density at radius 3 is 2.18 bits per heavy atom. The number of rotatable bonds is 11. The maximum Gasteiger partial charge on any atom is 0.305 e. The lowest BCUT2D eigenvalue weighted by atomic mass is 9.93. The number of aliphatic hydroxyl groups is 2. The van der Waals surface area contributed by atoms with Crippen molar-refractivity contribution < 1.29 is 29.3 Å². The number of carbonyl (C=O) groups is 3. The first kappa shape index (κ1) is 28.8. The normalized spacial score (nSPS) is 21.1. The van der Waals surface area contributed by atoms with Crippen LogP contribution in [0.15, 0.2) is 71.6 Å². The first-order valence-corrected chi connectivity index (χ1v) is 11.4. The molecule has 3 unspecified atom stereocenters. The van der Waals surface area contributed by atoms with Crippen molar-refractivity contribution in [2.24, 2.45) is 11.8 Å². The lowest BCUT2D eigenvalue weighted by Gasteiger charge is -2.19. The average Bonchev–Trinajstić information content (AvgIpc) is 3.00. The Morgan fingerprint density at radius 1 is 1.06 bits per heavy atom. The summed E-state index contributed by atoms with van der Waals surface area (Å²) in [7, 11) is 2.72. The Bertz CT molecular complexity index is 919. The monoisotopic (exact) mass is 471 g/mol. The van der Waals surface area contributed by atoms with E-state index < -0.39 is 29.5 Å². The lowest BCUT2D eigenvalue weighted by molar-refractivity contribution is -0.141. The molecule has 186 valence electrons. The van der Waals surface area contributed by atoms with Crippen LogP contribution in [0.2, 0.25) is 0 Å². The van der Waals surface area contributed by atoms with Gasteiger partial charge in [-0.15, -0.1) is 0 Å². The molecule has 2 N–H and O–H groups in total. The Morgan fingerprint density at radius 2 is 1.62 bits per heavy atom. The van der Waals surface area contributed by atoms with E-state index >= 15 is 0 Å². The van der Waals surface area contributed by atoms with E-state index in [9.17, 15) is 24.6 Å². The number of methoxy groups -OCH3 is 1. The number of likely N-dealkylation sites (tertiary alicyclic amines) is 1. The third-order valence-corrected chi connectivity index (χ3v) is 5.57. The molecule has 7 heteroatoms. The number of amides is 1. The molecule has 1 aliphatic rings. The predicted octanol–water partition coefficient (Wildman–Crippen LogP) is 3.99. The minimum absolute atomic E-state index is 0.00612. The molecule has 1 fully saturated rings. The van der Waals surface area contributed by atoms with Gasteiger partial charge in [0.25, 0.3) is 5.91 Å². The second-order valence-corrected chi connectivity index (χ2v) is 8.66. The molecule has 0 aliphatic carbocycles. The van der Waals surface area contributed by atoms with Gasteiger partial charge in [0, 0.05) is 19.4 Å². The van der Waals surface area contributed by atoms with Crippen LogP contribution in [-0.4, -0.2) is 59.1 Å². The van der Waals surface area contributed by atoms with Crippen molar-refractivity contribution >= 4 is 17.7 Å². The zero-order valence-corrected chi connectivity index (χ0v) is 20.9. The molecule has 1 saturated heterocycles. The zero-order chi connectivity index (χ0) is 25.8. The molecule has 3 atom stereocenters. The highest BCUT2D eigenvalue weighted by molar-refractivity contribution is 6.27. The third-order valence-electron chi connectivity index (χ3n) is 5.57. The Balaban J connectivity index is 2.69. The van der Waals surface area contributed by atoms with Gasteiger partial charge < -0.3 is 19.8 Å². The van der Waals surface area contributed by atoms with E-state index in [1.165, 1.54) is 31.2 Å². The highest BCUT2D eigenvalue weighted by Gasteiger charge is 2.42. The largest absolute Gasteiger partial charge is 0.507 e. The summed E-state index contributed by atoms with van der Waals surface area (Å²) in [6, 6.07) is -0.795. The summed E-state index contributed by atoms with van der Waals surface area (Å²) >= 11 is 0. The molecule has 0 aromatic heterocycles. The Kier molecular flexibility index (Phi) is 12.0. The van der Waals surface area contributed by atoms with Crippen molar-refractivity contribution in [3.8, 4) is 0 Å². The third kappa shape index (κ3) is 8.63. The highest BCUT2D eigenvalue weighted by Crippen LogP contribution is 2.25. The fourth-order valence-electron chi connectivity index (χ4n) is 3.55. The zero-order valence-electron chi connectivity index (χ0n) is 20.9. The molecule has 0 bridgehead atoms. The van der Waals surface area contributed by atoms with Gasteiger partial charge in [-0.05, 0) is 25.3 Å². The molecule has 0 saturated carbocycles. The number of esters is 1. The van der Waals surface area contributed by atoms with E-state index in [1.807, 2.05) is 52.0 Å². The first-order chi connectivity index (χ1) is 16.0. The standard InChI is InChI=1S/C27H37NO6/c1-18(2)25(31)20(4)17-19(3)13-11-9-7-8-10-12-14-22(29)24-26(32)21(28(5)27(24)33)15-16-23(30)34-6/h7-14,17-18,20-21,25,29,31H,15-16H2,1-6H3/b9-7?,10-8?,13-11?,14-12?,19-17?,24-22+. The average molecular weight is 472 g/mol. The SMILES string of the molecule is COC(=O)CCC1C(=O)/C(=C(\O)C=CC=CC=CC=CC(C)=CC(C)C(O)C(C)C)C(=O)N1C. The number of nitrogens with zero attached hydrogens (tertiary/aromatic N) is 1. The van der Waals surface area contributed by atoms with Crippen LogP contribution in [0, 0.1) is 11.8 Å². The number of Topliss-reactive ketones (excluding diaryl/α,β-unsaturated/α-hetero) is 1. The van der Waals surface area contributed by atoms with E-state index in [2.05, 4.69) is 4.74 Å². The number of hydrogen-bond acceptors (Lipinski definition) is 6. The van der Waals surface area contributed by atoms with Gasteiger partial charge in [-0.3, -0.25) is 14.4 Å². The number of aliphatic hydroxyl groups excluding tert-OH is 2. The van der Waals surface area contributed by atoms with Crippen molar-refractivity contribution in [3.05, 3.63) is 71.6 Å². The molecular weight excluding hydrogens is 434 g/mol. The second kappa shape index (κ2) is 14.2. The summed E-state index contributed by atoms with van der Waals surface area (Å²) in [4.78, 5) is 37.5. The summed E-state index contributed by atoms with van der Waals surface area (Å²) in [5, 5.41) is 20.3. The predicted molar refractivity (Wildman–Crippen MR) is 133 cm³/mol. The molecule has 0 aromatic rings. The number of ether oxygens (including phenoxy) is 1. The first-order valence-electron chi connectivity index (χ1n) is 11.4. The molecule has 34 heavy (non-hydrogen) atoms. The van der Waals surface area contributed by atoms with Crippen LogP contribution in [0.4, 0.5) is 0 Å². The molecule has 7 nitrogen and oxygen atoms in total. The Hall–Kier alpha value is -3.19. The van der Waals surface area contributed by atoms with E-state index in [1.54, 1.807) is 18.2 Å².